The molecule has 29 heavy (non-hydrogen) atoms. The highest BCUT2D eigenvalue weighted by molar-refractivity contribution is 6.32. The summed E-state index contributed by atoms with van der Waals surface area (Å²) >= 11 is 5.76. The van der Waals surface area contributed by atoms with Crippen molar-refractivity contribution in [2.24, 2.45) is 0 Å². The molecule has 0 unspecified atom stereocenters. The molecular formula is C17H13ClF4N2O5. The number of carbonyl (C=O) groups excluding carboxylic acids is 1. The van der Waals surface area contributed by atoms with Crippen molar-refractivity contribution in [3.63, 3.8) is 0 Å². The van der Waals surface area contributed by atoms with Gasteiger partial charge in [-0.3, -0.25) is 14.9 Å². The lowest BCUT2D eigenvalue weighted by Gasteiger charge is -2.23. The van der Waals surface area contributed by atoms with Crippen LogP contribution in [0.4, 0.5) is 28.9 Å². The molecule has 12 heteroatoms. The lowest BCUT2D eigenvalue weighted by atomic mass is 10.1. The largest absolute Gasteiger partial charge is 0.488 e. The van der Waals surface area contributed by atoms with E-state index in [0.29, 0.717) is 12.1 Å². The number of anilines is 1. The van der Waals surface area contributed by atoms with Gasteiger partial charge in [0.2, 0.25) is 0 Å². The highest BCUT2D eigenvalue weighted by Gasteiger charge is 2.39. The predicted molar refractivity (Wildman–Crippen MR) is 94.3 cm³/mol. The minimum absolute atomic E-state index is 0.0316. The van der Waals surface area contributed by atoms with E-state index in [-0.39, 0.29) is 10.8 Å². The summed E-state index contributed by atoms with van der Waals surface area (Å²) in [6, 6.07) is 5.00. The van der Waals surface area contributed by atoms with Crippen molar-refractivity contribution in [1.82, 2.24) is 0 Å². The van der Waals surface area contributed by atoms with Crippen LogP contribution in [0.5, 0.6) is 5.75 Å². The molecule has 0 saturated carbocycles. The van der Waals surface area contributed by atoms with Gasteiger partial charge in [0.1, 0.15) is 23.7 Å². The summed E-state index contributed by atoms with van der Waals surface area (Å²) in [6.07, 6.45) is -5.03. The Bertz CT molecular complexity index is 950. The number of aliphatic hydroxyl groups is 1. The molecule has 0 aliphatic heterocycles. The fraction of sp³-hybridized carbons (Fsp3) is 0.235. The fourth-order valence-electron chi connectivity index (χ4n) is 2.14. The Morgan fingerprint density at radius 2 is 1.93 bits per heavy atom. The van der Waals surface area contributed by atoms with E-state index in [1.807, 2.05) is 5.32 Å². The molecule has 0 aliphatic carbocycles. The Morgan fingerprint density at radius 3 is 2.48 bits per heavy atom. The van der Waals surface area contributed by atoms with Gasteiger partial charge in [-0.25, -0.2) is 4.39 Å². The number of halogens is 5. The summed E-state index contributed by atoms with van der Waals surface area (Å²) < 4.78 is 57.2. The fourth-order valence-corrected chi connectivity index (χ4v) is 2.36. The second kappa shape index (κ2) is 8.21. The van der Waals surface area contributed by atoms with E-state index >= 15 is 0 Å². The molecule has 0 aliphatic rings. The second-order valence-electron chi connectivity index (χ2n) is 6.08. The Hall–Kier alpha value is -2.92. The van der Waals surface area contributed by atoms with E-state index < -0.39 is 52.0 Å². The monoisotopic (exact) mass is 436 g/mol. The van der Waals surface area contributed by atoms with Crippen LogP contribution in [0, 0.1) is 15.9 Å². The quantitative estimate of drug-likeness (QED) is 0.402. The first kappa shape index (κ1) is 22.4. The molecule has 1 atom stereocenters. The van der Waals surface area contributed by atoms with E-state index in [0.717, 1.165) is 31.2 Å². The Labute approximate surface area is 166 Å². The molecule has 2 aromatic carbocycles. The molecule has 0 aromatic heterocycles. The van der Waals surface area contributed by atoms with Gasteiger partial charge >= 0.3 is 6.18 Å². The Morgan fingerprint density at radius 1 is 1.28 bits per heavy atom. The third kappa shape index (κ3) is 5.55. The van der Waals surface area contributed by atoms with Crippen LogP contribution in [0.2, 0.25) is 5.02 Å². The maximum Gasteiger partial charge on any atom is 0.423 e. The highest BCUT2D eigenvalue weighted by Crippen LogP contribution is 2.37. The number of hydrogen-bond donors (Lipinski definition) is 2. The predicted octanol–water partition coefficient (Wildman–Crippen LogP) is 4.17. The molecule has 2 N–H and O–H groups in total. The number of alkyl halides is 3. The number of nitrogens with one attached hydrogen (secondary N) is 1. The third-order valence-corrected chi connectivity index (χ3v) is 3.94. The van der Waals surface area contributed by atoms with Crippen LogP contribution in [-0.2, 0) is 11.0 Å². The maximum absolute atomic E-state index is 13.0. The number of carbonyl (C=O) groups is 1. The van der Waals surface area contributed by atoms with Gasteiger partial charge in [-0.15, -0.1) is 0 Å². The van der Waals surface area contributed by atoms with Crippen LogP contribution in [0.1, 0.15) is 12.5 Å². The van der Waals surface area contributed by atoms with Crippen LogP contribution in [0.25, 0.3) is 0 Å². The average Bonchev–Trinajstić information content (AvgIpc) is 2.60. The number of benzene rings is 2. The standard InChI is InChI=1S/C17H13ClF4N2O5/c1-16(26,8-29-14-5-2-9(19)6-12(14)18)15(25)23-10-3-4-13(24(27)28)11(7-10)17(20,21)22/h2-7,26H,8H2,1H3,(H,23,25)/t16-/m0/s1. The van der Waals surface area contributed by atoms with Gasteiger partial charge in [0.15, 0.2) is 5.60 Å². The molecule has 0 fully saturated rings. The molecule has 156 valence electrons. The van der Waals surface area contributed by atoms with Crippen LogP contribution >= 0.6 is 11.6 Å². The van der Waals surface area contributed by atoms with Crippen molar-refractivity contribution >= 4 is 28.9 Å². The van der Waals surface area contributed by atoms with E-state index in [2.05, 4.69) is 0 Å². The first-order valence-electron chi connectivity index (χ1n) is 7.78. The van der Waals surface area contributed by atoms with Gasteiger partial charge in [-0.2, -0.15) is 13.2 Å². The van der Waals surface area contributed by atoms with Crippen LogP contribution in [0.3, 0.4) is 0 Å². The van der Waals surface area contributed by atoms with Crippen LogP contribution < -0.4 is 10.1 Å². The molecule has 0 bridgehead atoms. The minimum atomic E-state index is -5.03. The topological polar surface area (TPSA) is 102 Å². The minimum Gasteiger partial charge on any atom is -0.488 e. The van der Waals surface area contributed by atoms with Crippen molar-refractivity contribution in [1.29, 1.82) is 0 Å². The first-order valence-corrected chi connectivity index (χ1v) is 8.16. The van der Waals surface area contributed by atoms with E-state index in [1.165, 1.54) is 0 Å². The number of rotatable bonds is 6. The number of hydrogen-bond acceptors (Lipinski definition) is 5. The SMILES string of the molecule is C[C@](O)(COc1ccc(F)cc1Cl)C(=O)Nc1ccc([N+](=O)[O-])c(C(F)(F)F)c1. The lowest BCUT2D eigenvalue weighted by Crippen LogP contribution is -2.45. The van der Waals surface area contributed by atoms with Gasteiger partial charge in [0.05, 0.1) is 9.95 Å². The zero-order valence-electron chi connectivity index (χ0n) is 14.6. The normalized spacial score (nSPS) is 13.5. The molecule has 0 heterocycles. The average molecular weight is 437 g/mol. The van der Waals surface area contributed by atoms with Crippen molar-refractivity contribution < 1.29 is 37.1 Å². The van der Waals surface area contributed by atoms with E-state index in [1.54, 1.807) is 0 Å². The van der Waals surface area contributed by atoms with Crippen molar-refractivity contribution in [2.75, 3.05) is 11.9 Å². The van der Waals surface area contributed by atoms with Crippen molar-refractivity contribution in [3.8, 4) is 5.75 Å². The molecular weight excluding hydrogens is 424 g/mol. The van der Waals surface area contributed by atoms with Gasteiger partial charge in [0.25, 0.3) is 11.6 Å². The zero-order valence-corrected chi connectivity index (χ0v) is 15.3. The van der Waals surface area contributed by atoms with Gasteiger partial charge in [-0.05, 0) is 37.3 Å². The summed E-state index contributed by atoms with van der Waals surface area (Å²) in [6.45, 7) is 0.360. The summed E-state index contributed by atoms with van der Waals surface area (Å²) in [4.78, 5) is 21.8. The molecule has 2 aromatic rings. The van der Waals surface area contributed by atoms with E-state index in [9.17, 15) is 37.6 Å². The summed E-state index contributed by atoms with van der Waals surface area (Å²) in [5.74, 6) is -1.81. The number of amides is 1. The third-order valence-electron chi connectivity index (χ3n) is 3.65. The number of nitrogens with zero attached hydrogens (tertiary/aromatic N) is 1. The number of ether oxygens (including phenoxy) is 1. The molecule has 0 spiro atoms. The molecule has 0 radical (unpaired) electrons. The number of nitro groups is 1. The zero-order chi connectivity index (χ0) is 22.0. The molecule has 0 saturated heterocycles. The highest BCUT2D eigenvalue weighted by atomic mass is 35.5. The van der Waals surface area contributed by atoms with Crippen molar-refractivity contribution in [3.05, 3.63) is 62.9 Å². The van der Waals surface area contributed by atoms with Gasteiger partial charge < -0.3 is 15.2 Å². The summed E-state index contributed by atoms with van der Waals surface area (Å²) in [5, 5.41) is 22.9. The molecule has 1 amide bonds. The van der Waals surface area contributed by atoms with Crippen LogP contribution in [-0.4, -0.2) is 28.1 Å². The lowest BCUT2D eigenvalue weighted by molar-refractivity contribution is -0.388. The van der Waals surface area contributed by atoms with E-state index in [4.69, 9.17) is 16.3 Å². The van der Waals surface area contributed by atoms with Gasteiger partial charge in [0, 0.05) is 11.8 Å². The summed E-state index contributed by atoms with van der Waals surface area (Å²) in [5.41, 5.74) is -5.39. The molecule has 7 nitrogen and oxygen atoms in total. The van der Waals surface area contributed by atoms with Crippen LogP contribution in [0.15, 0.2) is 36.4 Å². The van der Waals surface area contributed by atoms with Gasteiger partial charge in [-0.1, -0.05) is 11.6 Å². The Balaban J connectivity index is 2.16. The Kier molecular flexibility index (Phi) is 6.34. The van der Waals surface area contributed by atoms with Crippen molar-refractivity contribution in [2.45, 2.75) is 18.7 Å². The maximum atomic E-state index is 13.0. The number of nitro benzene ring substituents is 1. The molecule has 2 rings (SSSR count). The smallest absolute Gasteiger partial charge is 0.423 e. The summed E-state index contributed by atoms with van der Waals surface area (Å²) in [7, 11) is 0. The second-order valence-corrected chi connectivity index (χ2v) is 6.49. The first-order chi connectivity index (χ1) is 13.3.